The van der Waals surface area contributed by atoms with Crippen LogP contribution in [0.25, 0.3) is 0 Å². The smallest absolute Gasteiger partial charge is 0.225 e. The van der Waals surface area contributed by atoms with Gasteiger partial charge < -0.3 is 19.8 Å². The van der Waals surface area contributed by atoms with Crippen LogP contribution in [-0.4, -0.2) is 71.8 Å². The zero-order chi connectivity index (χ0) is 19.3. The first-order valence-electron chi connectivity index (χ1n) is 11.0. The highest BCUT2D eigenvalue weighted by Gasteiger charge is 2.29. The Balaban J connectivity index is 1.35. The van der Waals surface area contributed by atoms with E-state index in [1.165, 1.54) is 19.3 Å². The predicted octanol–water partition coefficient (Wildman–Crippen LogP) is 1.91. The molecule has 2 aliphatic heterocycles. The van der Waals surface area contributed by atoms with Crippen LogP contribution in [0.3, 0.4) is 0 Å². The number of nitrogens with zero attached hydrogens (tertiary/aromatic N) is 5. The summed E-state index contributed by atoms with van der Waals surface area (Å²) < 4.78 is 0. The molecule has 7 nitrogen and oxygen atoms in total. The van der Waals surface area contributed by atoms with Crippen LogP contribution in [0.15, 0.2) is 12.4 Å². The van der Waals surface area contributed by atoms with Gasteiger partial charge in [0, 0.05) is 57.9 Å². The molecule has 1 aliphatic carbocycles. The topological polar surface area (TPSA) is 72.8 Å². The lowest BCUT2D eigenvalue weighted by atomic mass is 9.88. The van der Waals surface area contributed by atoms with Gasteiger partial charge in [0.15, 0.2) is 0 Å². The standard InChI is InChI=1S/C21H33N5O2/c27-15-17-5-4-8-26(14-17)20-13-19(22-16-23-20)24-9-11-25(12-10-24)21(28)18-6-2-1-3-7-18/h13,16-18,27H,1-12,14-15H2. The Kier molecular flexibility index (Phi) is 6.29. The largest absolute Gasteiger partial charge is 0.396 e. The maximum atomic E-state index is 12.8. The van der Waals surface area contributed by atoms with E-state index in [0.717, 1.165) is 76.6 Å². The summed E-state index contributed by atoms with van der Waals surface area (Å²) in [6.45, 7) is 5.30. The molecule has 3 heterocycles. The highest BCUT2D eigenvalue weighted by molar-refractivity contribution is 5.79. The fourth-order valence-electron chi connectivity index (χ4n) is 4.87. The van der Waals surface area contributed by atoms with Crippen molar-refractivity contribution in [1.82, 2.24) is 14.9 Å². The van der Waals surface area contributed by atoms with Gasteiger partial charge in [-0.2, -0.15) is 0 Å². The van der Waals surface area contributed by atoms with Gasteiger partial charge in [-0.05, 0) is 31.6 Å². The molecule has 154 valence electrons. The average Bonchev–Trinajstić information content (AvgIpc) is 2.79. The van der Waals surface area contributed by atoms with Crippen molar-refractivity contribution in [2.45, 2.75) is 44.9 Å². The van der Waals surface area contributed by atoms with Gasteiger partial charge >= 0.3 is 0 Å². The molecule has 28 heavy (non-hydrogen) atoms. The third-order valence-electron chi connectivity index (χ3n) is 6.61. The van der Waals surface area contributed by atoms with E-state index in [9.17, 15) is 9.90 Å². The molecule has 3 fully saturated rings. The number of carbonyl (C=O) groups excluding carboxylic acids is 1. The lowest BCUT2D eigenvalue weighted by molar-refractivity contribution is -0.136. The number of anilines is 2. The average molecular weight is 388 g/mol. The third-order valence-corrected chi connectivity index (χ3v) is 6.61. The second kappa shape index (κ2) is 9.07. The Hall–Kier alpha value is -1.89. The zero-order valence-electron chi connectivity index (χ0n) is 16.8. The number of hydrogen-bond donors (Lipinski definition) is 1. The maximum absolute atomic E-state index is 12.8. The fraction of sp³-hybridized carbons (Fsp3) is 0.762. The van der Waals surface area contributed by atoms with Crippen molar-refractivity contribution in [3.63, 3.8) is 0 Å². The molecular weight excluding hydrogens is 354 g/mol. The molecule has 4 rings (SSSR count). The molecule has 0 spiro atoms. The summed E-state index contributed by atoms with van der Waals surface area (Å²) in [6, 6.07) is 2.07. The lowest BCUT2D eigenvalue weighted by Gasteiger charge is -2.38. The Bertz CT molecular complexity index is 656. The van der Waals surface area contributed by atoms with Crippen molar-refractivity contribution in [3.05, 3.63) is 12.4 Å². The van der Waals surface area contributed by atoms with Crippen molar-refractivity contribution in [1.29, 1.82) is 0 Å². The summed E-state index contributed by atoms with van der Waals surface area (Å²) in [6.07, 6.45) is 9.64. The van der Waals surface area contributed by atoms with Crippen LogP contribution in [0.4, 0.5) is 11.6 Å². The number of aliphatic hydroxyl groups excluding tert-OH is 1. The first-order valence-corrected chi connectivity index (χ1v) is 11.0. The van der Waals surface area contributed by atoms with Crippen LogP contribution in [-0.2, 0) is 4.79 Å². The van der Waals surface area contributed by atoms with Crippen molar-refractivity contribution in [2.24, 2.45) is 11.8 Å². The summed E-state index contributed by atoms with van der Waals surface area (Å²) in [4.78, 5) is 28.3. The van der Waals surface area contributed by atoms with Crippen molar-refractivity contribution in [3.8, 4) is 0 Å². The van der Waals surface area contributed by atoms with Crippen molar-refractivity contribution < 1.29 is 9.90 Å². The molecule has 0 radical (unpaired) electrons. The van der Waals surface area contributed by atoms with E-state index in [2.05, 4.69) is 30.7 Å². The normalized spacial score (nSPS) is 24.5. The number of amides is 1. The highest BCUT2D eigenvalue weighted by Crippen LogP contribution is 2.27. The number of piperidine rings is 1. The van der Waals surface area contributed by atoms with Crippen LogP contribution < -0.4 is 9.80 Å². The van der Waals surface area contributed by atoms with Gasteiger partial charge in [-0.15, -0.1) is 0 Å². The Morgan fingerprint density at radius 3 is 2.36 bits per heavy atom. The van der Waals surface area contributed by atoms with Gasteiger partial charge in [0.25, 0.3) is 0 Å². The highest BCUT2D eigenvalue weighted by atomic mass is 16.3. The quantitative estimate of drug-likeness (QED) is 0.851. The number of rotatable bonds is 4. The second-order valence-electron chi connectivity index (χ2n) is 8.52. The SMILES string of the molecule is O=C(C1CCCCC1)N1CCN(c2cc(N3CCCC(CO)C3)ncn2)CC1. The maximum Gasteiger partial charge on any atom is 0.225 e. The number of hydrogen-bond acceptors (Lipinski definition) is 6. The lowest BCUT2D eigenvalue weighted by Crippen LogP contribution is -2.50. The van der Waals surface area contributed by atoms with Crippen LogP contribution >= 0.6 is 0 Å². The minimum atomic E-state index is 0.241. The predicted molar refractivity (Wildman–Crippen MR) is 109 cm³/mol. The van der Waals surface area contributed by atoms with Gasteiger partial charge in [-0.25, -0.2) is 9.97 Å². The van der Waals surface area contributed by atoms with E-state index >= 15 is 0 Å². The van der Waals surface area contributed by atoms with E-state index in [0.29, 0.717) is 11.8 Å². The van der Waals surface area contributed by atoms with E-state index in [1.54, 1.807) is 6.33 Å². The fourth-order valence-corrected chi connectivity index (χ4v) is 4.87. The summed E-state index contributed by atoms with van der Waals surface area (Å²) in [5.41, 5.74) is 0. The van der Waals surface area contributed by atoms with Crippen molar-refractivity contribution >= 4 is 17.5 Å². The molecule has 1 aromatic rings. The Morgan fingerprint density at radius 1 is 0.929 bits per heavy atom. The second-order valence-corrected chi connectivity index (χ2v) is 8.52. The van der Waals surface area contributed by atoms with E-state index in [4.69, 9.17) is 0 Å². The molecule has 7 heteroatoms. The molecule has 2 saturated heterocycles. The van der Waals surface area contributed by atoms with Gasteiger partial charge in [0.05, 0.1) is 0 Å². The summed E-state index contributed by atoms with van der Waals surface area (Å²) in [5.74, 6) is 2.85. The number of piperazine rings is 1. The molecule has 1 saturated carbocycles. The number of carbonyl (C=O) groups is 1. The first kappa shape index (κ1) is 19.4. The molecule has 0 bridgehead atoms. The monoisotopic (exact) mass is 387 g/mol. The molecule has 0 aromatic carbocycles. The summed E-state index contributed by atoms with van der Waals surface area (Å²) in [5, 5.41) is 9.48. The third kappa shape index (κ3) is 4.40. The molecule has 3 aliphatic rings. The van der Waals surface area contributed by atoms with Crippen LogP contribution in [0.5, 0.6) is 0 Å². The summed E-state index contributed by atoms with van der Waals surface area (Å²) >= 11 is 0. The minimum Gasteiger partial charge on any atom is -0.396 e. The van der Waals surface area contributed by atoms with E-state index < -0.39 is 0 Å². The molecular formula is C21H33N5O2. The Labute approximate surface area is 167 Å². The molecule has 1 N–H and O–H groups in total. The van der Waals surface area contributed by atoms with Crippen molar-refractivity contribution in [2.75, 3.05) is 55.7 Å². The van der Waals surface area contributed by atoms with Gasteiger partial charge in [0.1, 0.15) is 18.0 Å². The first-order chi connectivity index (χ1) is 13.7. The van der Waals surface area contributed by atoms with Gasteiger partial charge in [-0.1, -0.05) is 19.3 Å². The van der Waals surface area contributed by atoms with Gasteiger partial charge in [0.2, 0.25) is 5.91 Å². The zero-order valence-corrected chi connectivity index (χ0v) is 16.8. The number of aromatic nitrogens is 2. The van der Waals surface area contributed by atoms with E-state index in [-0.39, 0.29) is 12.5 Å². The Morgan fingerprint density at radius 2 is 1.64 bits per heavy atom. The van der Waals surface area contributed by atoms with Crippen LogP contribution in [0.2, 0.25) is 0 Å². The number of aliphatic hydroxyl groups is 1. The molecule has 1 aromatic heterocycles. The molecule has 1 unspecified atom stereocenters. The molecule has 1 atom stereocenters. The van der Waals surface area contributed by atoms with Gasteiger partial charge in [-0.3, -0.25) is 4.79 Å². The summed E-state index contributed by atoms with van der Waals surface area (Å²) in [7, 11) is 0. The van der Waals surface area contributed by atoms with Crippen LogP contribution in [0.1, 0.15) is 44.9 Å². The van der Waals surface area contributed by atoms with E-state index in [1.807, 2.05) is 0 Å². The molecule has 1 amide bonds. The van der Waals surface area contributed by atoms with Crippen LogP contribution in [0, 0.1) is 11.8 Å². The minimum absolute atomic E-state index is 0.241.